The maximum absolute atomic E-state index is 11.8. The first-order valence-corrected chi connectivity index (χ1v) is 5.27. The third kappa shape index (κ3) is 1.33. The van der Waals surface area contributed by atoms with Crippen molar-refractivity contribution in [2.24, 2.45) is 0 Å². The Hall–Kier alpha value is -1.71. The molecule has 0 fully saturated rings. The Balaban J connectivity index is 2.69. The van der Waals surface area contributed by atoms with Gasteiger partial charge in [0, 0.05) is 7.05 Å². The van der Waals surface area contributed by atoms with Crippen LogP contribution in [0.25, 0.3) is 0 Å². The minimum atomic E-state index is -0.471. The van der Waals surface area contributed by atoms with Gasteiger partial charge in [0.05, 0.1) is 11.4 Å². The summed E-state index contributed by atoms with van der Waals surface area (Å²) in [7, 11) is 1.75. The van der Waals surface area contributed by atoms with Crippen LogP contribution in [0, 0.1) is 13.8 Å². The van der Waals surface area contributed by atoms with Gasteiger partial charge in [0.1, 0.15) is 0 Å². The Morgan fingerprint density at radius 1 is 1.38 bits per heavy atom. The van der Waals surface area contributed by atoms with E-state index in [2.05, 4.69) is 0 Å². The molecule has 1 aliphatic heterocycles. The summed E-state index contributed by atoms with van der Waals surface area (Å²) in [5, 5.41) is 0. The second-order valence-corrected chi connectivity index (χ2v) is 4.26. The van der Waals surface area contributed by atoms with Crippen LogP contribution in [0.4, 0.5) is 11.4 Å². The second kappa shape index (κ2) is 3.40. The van der Waals surface area contributed by atoms with Gasteiger partial charge in [0.15, 0.2) is 11.9 Å². The van der Waals surface area contributed by atoms with E-state index in [1.807, 2.05) is 19.9 Å². The Labute approximate surface area is 95.0 Å². The van der Waals surface area contributed by atoms with E-state index in [9.17, 15) is 4.79 Å². The SMILES string of the molecule is Cc1cc(C)c2c(c1N)OC(C)C(=O)N2C. The lowest BCUT2D eigenvalue weighted by Crippen LogP contribution is -2.42. The maximum Gasteiger partial charge on any atom is 0.267 e. The van der Waals surface area contributed by atoms with E-state index < -0.39 is 6.10 Å². The zero-order chi connectivity index (χ0) is 12.0. The quantitative estimate of drug-likeness (QED) is 0.676. The number of fused-ring (bicyclic) bond motifs is 1. The van der Waals surface area contributed by atoms with Crippen molar-refractivity contribution in [2.45, 2.75) is 26.9 Å². The molecule has 0 saturated heterocycles. The van der Waals surface area contributed by atoms with Crippen LogP contribution in [0.5, 0.6) is 5.75 Å². The summed E-state index contributed by atoms with van der Waals surface area (Å²) in [6.07, 6.45) is -0.471. The van der Waals surface area contributed by atoms with Crippen LogP contribution in [-0.4, -0.2) is 19.1 Å². The molecule has 0 radical (unpaired) electrons. The van der Waals surface area contributed by atoms with Gasteiger partial charge in [-0.2, -0.15) is 0 Å². The highest BCUT2D eigenvalue weighted by molar-refractivity contribution is 6.01. The monoisotopic (exact) mass is 220 g/mol. The lowest BCUT2D eigenvalue weighted by atomic mass is 10.0. The van der Waals surface area contributed by atoms with Crippen LogP contribution in [0.2, 0.25) is 0 Å². The zero-order valence-electron chi connectivity index (χ0n) is 10.00. The summed E-state index contributed by atoms with van der Waals surface area (Å²) >= 11 is 0. The van der Waals surface area contributed by atoms with Gasteiger partial charge in [-0.1, -0.05) is 6.07 Å². The van der Waals surface area contributed by atoms with Crippen molar-refractivity contribution >= 4 is 17.3 Å². The van der Waals surface area contributed by atoms with Crippen LogP contribution in [0.1, 0.15) is 18.1 Å². The summed E-state index contributed by atoms with van der Waals surface area (Å²) in [4.78, 5) is 13.4. The predicted octanol–water partition coefficient (Wildman–Crippen LogP) is 1.63. The summed E-state index contributed by atoms with van der Waals surface area (Å²) in [5.74, 6) is 0.589. The molecule has 0 spiro atoms. The minimum Gasteiger partial charge on any atom is -0.476 e. The zero-order valence-corrected chi connectivity index (χ0v) is 10.00. The molecular weight excluding hydrogens is 204 g/mol. The number of nitrogens with two attached hydrogens (primary N) is 1. The van der Waals surface area contributed by atoms with Gasteiger partial charge in [-0.25, -0.2) is 0 Å². The molecule has 0 bridgehead atoms. The van der Waals surface area contributed by atoms with Gasteiger partial charge in [0.2, 0.25) is 0 Å². The number of likely N-dealkylation sites (N-methyl/N-ethyl adjacent to an activating group) is 1. The number of carbonyl (C=O) groups excluding carboxylic acids is 1. The molecular formula is C12H16N2O2. The molecule has 16 heavy (non-hydrogen) atoms. The van der Waals surface area contributed by atoms with E-state index in [0.717, 1.165) is 16.8 Å². The van der Waals surface area contributed by atoms with Crippen molar-refractivity contribution in [1.82, 2.24) is 0 Å². The third-order valence-corrected chi connectivity index (χ3v) is 3.00. The van der Waals surface area contributed by atoms with Gasteiger partial charge in [-0.05, 0) is 31.9 Å². The highest BCUT2D eigenvalue weighted by Gasteiger charge is 2.32. The molecule has 1 unspecified atom stereocenters. The number of nitrogens with zero attached hydrogens (tertiary/aromatic N) is 1. The van der Waals surface area contributed by atoms with Crippen molar-refractivity contribution in [3.8, 4) is 5.75 Å². The van der Waals surface area contributed by atoms with Crippen molar-refractivity contribution in [2.75, 3.05) is 17.7 Å². The molecule has 0 aromatic heterocycles. The molecule has 4 heteroatoms. The first-order valence-electron chi connectivity index (χ1n) is 5.27. The number of hydrogen-bond acceptors (Lipinski definition) is 3. The number of carbonyl (C=O) groups is 1. The molecule has 0 aliphatic carbocycles. The number of amides is 1. The van der Waals surface area contributed by atoms with E-state index >= 15 is 0 Å². The molecule has 2 N–H and O–H groups in total. The standard InChI is InChI=1S/C12H16N2O2/c1-6-5-7(2)10-11(9(6)13)16-8(3)12(15)14(10)4/h5,8H,13H2,1-4H3. The Bertz CT molecular complexity index is 469. The second-order valence-electron chi connectivity index (χ2n) is 4.26. The van der Waals surface area contributed by atoms with Crippen LogP contribution < -0.4 is 15.4 Å². The molecule has 1 aromatic rings. The van der Waals surface area contributed by atoms with E-state index in [0.29, 0.717) is 11.4 Å². The van der Waals surface area contributed by atoms with Crippen molar-refractivity contribution in [1.29, 1.82) is 0 Å². The molecule has 0 saturated carbocycles. The number of rotatable bonds is 0. The summed E-state index contributed by atoms with van der Waals surface area (Å²) in [5.41, 5.74) is 9.36. The predicted molar refractivity (Wildman–Crippen MR) is 63.8 cm³/mol. The smallest absolute Gasteiger partial charge is 0.267 e. The fourth-order valence-corrected chi connectivity index (χ4v) is 2.10. The molecule has 1 amide bonds. The normalized spacial score (nSPS) is 19.4. The number of ether oxygens (including phenoxy) is 1. The van der Waals surface area contributed by atoms with Crippen LogP contribution in [0.3, 0.4) is 0 Å². The minimum absolute atomic E-state index is 0.0427. The van der Waals surface area contributed by atoms with Crippen LogP contribution >= 0.6 is 0 Å². The molecule has 86 valence electrons. The topological polar surface area (TPSA) is 55.6 Å². The Kier molecular flexibility index (Phi) is 2.30. The lowest BCUT2D eigenvalue weighted by Gasteiger charge is -2.32. The van der Waals surface area contributed by atoms with Gasteiger partial charge < -0.3 is 15.4 Å². The molecule has 1 heterocycles. The average molecular weight is 220 g/mol. The summed E-state index contributed by atoms with van der Waals surface area (Å²) in [6.45, 7) is 5.63. The number of anilines is 2. The molecule has 2 rings (SSSR count). The van der Waals surface area contributed by atoms with E-state index in [4.69, 9.17) is 10.5 Å². The van der Waals surface area contributed by atoms with Crippen molar-refractivity contribution in [3.05, 3.63) is 17.2 Å². The third-order valence-electron chi connectivity index (χ3n) is 3.00. The van der Waals surface area contributed by atoms with Gasteiger partial charge in [0.25, 0.3) is 5.91 Å². The number of aryl methyl sites for hydroxylation is 2. The fourth-order valence-electron chi connectivity index (χ4n) is 2.10. The average Bonchev–Trinajstić information content (AvgIpc) is 2.22. The maximum atomic E-state index is 11.8. The highest BCUT2D eigenvalue weighted by atomic mass is 16.5. The Morgan fingerprint density at radius 2 is 2.00 bits per heavy atom. The van der Waals surface area contributed by atoms with Gasteiger partial charge >= 0.3 is 0 Å². The number of nitrogen functional groups attached to an aromatic ring is 1. The number of benzene rings is 1. The van der Waals surface area contributed by atoms with Crippen molar-refractivity contribution in [3.63, 3.8) is 0 Å². The molecule has 1 aliphatic rings. The van der Waals surface area contributed by atoms with Crippen molar-refractivity contribution < 1.29 is 9.53 Å². The van der Waals surface area contributed by atoms with E-state index in [-0.39, 0.29) is 5.91 Å². The first kappa shape index (κ1) is 10.8. The van der Waals surface area contributed by atoms with E-state index in [1.54, 1.807) is 18.9 Å². The van der Waals surface area contributed by atoms with Gasteiger partial charge in [-0.15, -0.1) is 0 Å². The first-order chi connectivity index (χ1) is 7.43. The molecule has 1 aromatic carbocycles. The highest BCUT2D eigenvalue weighted by Crippen LogP contribution is 2.42. The molecule has 1 atom stereocenters. The van der Waals surface area contributed by atoms with Crippen LogP contribution in [-0.2, 0) is 4.79 Å². The van der Waals surface area contributed by atoms with E-state index in [1.165, 1.54) is 0 Å². The van der Waals surface area contributed by atoms with Crippen LogP contribution in [0.15, 0.2) is 6.07 Å². The fraction of sp³-hybridized carbons (Fsp3) is 0.417. The summed E-state index contributed by atoms with van der Waals surface area (Å²) < 4.78 is 5.59. The van der Waals surface area contributed by atoms with Gasteiger partial charge in [-0.3, -0.25) is 4.79 Å². The molecule has 4 nitrogen and oxygen atoms in total. The lowest BCUT2D eigenvalue weighted by molar-refractivity contribution is -0.125. The summed E-state index contributed by atoms with van der Waals surface area (Å²) in [6, 6.07) is 1.97. The largest absolute Gasteiger partial charge is 0.476 e. The number of hydrogen-bond donors (Lipinski definition) is 1. The Morgan fingerprint density at radius 3 is 2.62 bits per heavy atom.